The highest BCUT2D eigenvalue weighted by Crippen LogP contribution is 2.43. The highest BCUT2D eigenvalue weighted by molar-refractivity contribution is 8.00. The Balaban J connectivity index is 2.12. The molecule has 0 aromatic rings. The summed E-state index contributed by atoms with van der Waals surface area (Å²) in [5.74, 6) is 1.35. The predicted octanol–water partition coefficient (Wildman–Crippen LogP) is 3.75. The molecule has 0 aromatic carbocycles. The van der Waals surface area contributed by atoms with Gasteiger partial charge in [0, 0.05) is 10.8 Å². The predicted molar refractivity (Wildman–Crippen MR) is 74.1 cm³/mol. The number of likely N-dealkylation sites (N-methyl/N-ethyl adjacent to an activating group) is 1. The normalized spacial score (nSPS) is 32.5. The molecule has 2 atom stereocenters. The Morgan fingerprint density at radius 2 is 2.31 bits per heavy atom. The number of nitrogens with one attached hydrogen (secondary N) is 1. The number of rotatable bonds is 4. The van der Waals surface area contributed by atoms with Crippen LogP contribution in [0, 0.1) is 0 Å². The third kappa shape index (κ3) is 2.65. The second-order valence-electron chi connectivity index (χ2n) is 5.28. The van der Waals surface area contributed by atoms with Gasteiger partial charge in [-0.1, -0.05) is 18.6 Å². The van der Waals surface area contributed by atoms with Gasteiger partial charge in [-0.25, -0.2) is 0 Å². The van der Waals surface area contributed by atoms with Gasteiger partial charge in [-0.15, -0.1) is 0 Å². The molecule has 2 aliphatic rings. The molecule has 1 N–H and O–H groups in total. The van der Waals surface area contributed by atoms with Crippen molar-refractivity contribution in [3.63, 3.8) is 0 Å². The van der Waals surface area contributed by atoms with Gasteiger partial charge < -0.3 is 5.32 Å². The first kappa shape index (κ1) is 12.5. The smallest absolute Gasteiger partial charge is 0.0425 e. The van der Waals surface area contributed by atoms with Crippen LogP contribution in [0.3, 0.4) is 0 Å². The molecule has 0 saturated carbocycles. The topological polar surface area (TPSA) is 12.0 Å². The molecule has 1 heterocycles. The minimum absolute atomic E-state index is 0.458. The Morgan fingerprint density at radius 1 is 1.44 bits per heavy atom. The molecule has 92 valence electrons. The second kappa shape index (κ2) is 5.59. The molecule has 2 heteroatoms. The van der Waals surface area contributed by atoms with Crippen molar-refractivity contribution in [2.24, 2.45) is 0 Å². The zero-order chi connectivity index (χ0) is 11.4. The van der Waals surface area contributed by atoms with Crippen LogP contribution in [0.15, 0.2) is 11.6 Å². The van der Waals surface area contributed by atoms with E-state index in [1.807, 2.05) is 0 Å². The largest absolute Gasteiger partial charge is 0.309 e. The van der Waals surface area contributed by atoms with Crippen LogP contribution in [0.5, 0.6) is 0 Å². The van der Waals surface area contributed by atoms with Crippen molar-refractivity contribution in [2.45, 2.75) is 63.2 Å². The van der Waals surface area contributed by atoms with Crippen molar-refractivity contribution in [2.75, 3.05) is 12.3 Å². The molecule has 0 amide bonds. The summed E-state index contributed by atoms with van der Waals surface area (Å²) in [6.07, 6.45) is 10.7. The van der Waals surface area contributed by atoms with E-state index in [4.69, 9.17) is 0 Å². The summed E-state index contributed by atoms with van der Waals surface area (Å²) < 4.78 is 0.458. The fraction of sp³-hybridized carbons (Fsp3) is 0.857. The average Bonchev–Trinajstić information content (AvgIpc) is 2.75. The zero-order valence-electron chi connectivity index (χ0n) is 10.7. The first-order chi connectivity index (χ1) is 7.76. The van der Waals surface area contributed by atoms with Gasteiger partial charge >= 0.3 is 0 Å². The van der Waals surface area contributed by atoms with E-state index in [0.29, 0.717) is 10.8 Å². The zero-order valence-corrected chi connectivity index (χ0v) is 11.5. The molecule has 0 bridgehead atoms. The highest BCUT2D eigenvalue weighted by Gasteiger charge is 2.39. The van der Waals surface area contributed by atoms with Crippen LogP contribution >= 0.6 is 11.8 Å². The molecule has 0 aromatic heterocycles. The molecule has 1 saturated heterocycles. The lowest BCUT2D eigenvalue weighted by molar-refractivity contribution is 0.434. The van der Waals surface area contributed by atoms with Gasteiger partial charge in [-0.3, -0.25) is 0 Å². The SMILES string of the molecule is CCNC(C1=CCCCC1)C1(C)CCCS1. The van der Waals surface area contributed by atoms with Crippen LogP contribution in [-0.2, 0) is 0 Å². The van der Waals surface area contributed by atoms with Gasteiger partial charge in [0.2, 0.25) is 0 Å². The Kier molecular flexibility index (Phi) is 4.37. The summed E-state index contributed by atoms with van der Waals surface area (Å²) in [4.78, 5) is 0. The summed E-state index contributed by atoms with van der Waals surface area (Å²) >= 11 is 2.18. The van der Waals surface area contributed by atoms with Crippen molar-refractivity contribution in [1.82, 2.24) is 5.32 Å². The van der Waals surface area contributed by atoms with Crippen molar-refractivity contribution in [1.29, 1.82) is 0 Å². The fourth-order valence-corrected chi connectivity index (χ4v) is 4.54. The van der Waals surface area contributed by atoms with Crippen molar-refractivity contribution < 1.29 is 0 Å². The molecule has 1 fully saturated rings. The minimum Gasteiger partial charge on any atom is -0.309 e. The maximum Gasteiger partial charge on any atom is 0.0425 e. The molecule has 0 spiro atoms. The molecule has 1 aliphatic carbocycles. The van der Waals surface area contributed by atoms with Crippen LogP contribution < -0.4 is 5.32 Å². The maximum absolute atomic E-state index is 3.75. The first-order valence-electron chi connectivity index (χ1n) is 6.82. The van der Waals surface area contributed by atoms with Crippen molar-refractivity contribution >= 4 is 11.8 Å². The van der Waals surface area contributed by atoms with Crippen LogP contribution in [0.2, 0.25) is 0 Å². The van der Waals surface area contributed by atoms with Gasteiger partial charge in [0.25, 0.3) is 0 Å². The third-order valence-corrected chi connectivity index (χ3v) is 5.56. The lowest BCUT2D eigenvalue weighted by Gasteiger charge is -2.37. The van der Waals surface area contributed by atoms with E-state index in [-0.39, 0.29) is 0 Å². The van der Waals surface area contributed by atoms with Gasteiger partial charge in [-0.05, 0) is 57.7 Å². The summed E-state index contributed by atoms with van der Waals surface area (Å²) in [5.41, 5.74) is 1.70. The molecule has 2 unspecified atom stereocenters. The minimum atomic E-state index is 0.458. The fourth-order valence-electron chi connectivity index (χ4n) is 3.10. The first-order valence-corrected chi connectivity index (χ1v) is 7.81. The van der Waals surface area contributed by atoms with Gasteiger partial charge in [-0.2, -0.15) is 11.8 Å². The monoisotopic (exact) mass is 239 g/mol. The van der Waals surface area contributed by atoms with Crippen molar-refractivity contribution in [3.8, 4) is 0 Å². The molecule has 1 aliphatic heterocycles. The van der Waals surface area contributed by atoms with Gasteiger partial charge in [0.1, 0.15) is 0 Å². The molecular formula is C14H25NS. The molecule has 2 rings (SSSR count). The van der Waals surface area contributed by atoms with Gasteiger partial charge in [0.05, 0.1) is 0 Å². The summed E-state index contributed by atoms with van der Waals surface area (Å²) in [5, 5.41) is 3.75. The van der Waals surface area contributed by atoms with E-state index in [1.54, 1.807) is 5.57 Å². The van der Waals surface area contributed by atoms with E-state index in [0.717, 1.165) is 6.54 Å². The third-order valence-electron chi connectivity index (χ3n) is 3.97. The lowest BCUT2D eigenvalue weighted by Crippen LogP contribution is -2.46. The second-order valence-corrected chi connectivity index (χ2v) is 6.91. The average molecular weight is 239 g/mol. The summed E-state index contributed by atoms with van der Waals surface area (Å²) in [7, 11) is 0. The number of hydrogen-bond donors (Lipinski definition) is 1. The van der Waals surface area contributed by atoms with Crippen LogP contribution in [0.4, 0.5) is 0 Å². The standard InChI is InChI=1S/C14H25NS/c1-3-15-13(12-8-5-4-6-9-12)14(2)10-7-11-16-14/h8,13,15H,3-7,9-11H2,1-2H3. The van der Waals surface area contributed by atoms with Crippen LogP contribution in [0.1, 0.15) is 52.4 Å². The van der Waals surface area contributed by atoms with E-state index >= 15 is 0 Å². The van der Waals surface area contributed by atoms with Crippen molar-refractivity contribution in [3.05, 3.63) is 11.6 Å². The molecular weight excluding hydrogens is 214 g/mol. The van der Waals surface area contributed by atoms with Gasteiger partial charge in [0.15, 0.2) is 0 Å². The number of thioether (sulfide) groups is 1. The Morgan fingerprint density at radius 3 is 2.88 bits per heavy atom. The van der Waals surface area contributed by atoms with E-state index < -0.39 is 0 Å². The Bertz CT molecular complexity index is 253. The summed E-state index contributed by atoms with van der Waals surface area (Å²) in [6, 6.07) is 0.630. The van der Waals surface area contributed by atoms with E-state index in [1.165, 1.54) is 44.3 Å². The highest BCUT2D eigenvalue weighted by atomic mass is 32.2. The van der Waals surface area contributed by atoms with Crippen LogP contribution in [-0.4, -0.2) is 23.1 Å². The number of allylic oxidation sites excluding steroid dienone is 1. The van der Waals surface area contributed by atoms with Crippen LogP contribution in [0.25, 0.3) is 0 Å². The Hall–Kier alpha value is 0.0500. The maximum atomic E-state index is 3.75. The van der Waals surface area contributed by atoms with E-state index in [2.05, 4.69) is 37.0 Å². The molecule has 1 nitrogen and oxygen atoms in total. The Labute approximate surface area is 104 Å². The summed E-state index contributed by atoms with van der Waals surface area (Å²) in [6.45, 7) is 5.80. The quantitative estimate of drug-likeness (QED) is 0.750. The van der Waals surface area contributed by atoms with E-state index in [9.17, 15) is 0 Å². The molecule has 16 heavy (non-hydrogen) atoms. The number of hydrogen-bond acceptors (Lipinski definition) is 2. The lowest BCUT2D eigenvalue weighted by atomic mass is 9.84. The molecule has 0 radical (unpaired) electrons.